The van der Waals surface area contributed by atoms with Gasteiger partial charge in [0, 0.05) is 29.6 Å². The third kappa shape index (κ3) is 5.45. The van der Waals surface area contributed by atoms with Crippen LogP contribution in [0.1, 0.15) is 53.6 Å². The standard InChI is InChI=1S/C29H34ClNO5/c1-4-6-18-13-22(30)9-11-23(18)21-16-31(15-20-7-10-24(20)26(32)5-2)25-14-19(28(33)29(34)35-3)8-12-27(25)36-17-21/h5,8-9,11-14,20-21,24,26,32H,2,4,6-7,10,15-17H2,1,3H3. The summed E-state index contributed by atoms with van der Waals surface area (Å²) in [5, 5.41) is 11.1. The van der Waals surface area contributed by atoms with E-state index in [1.807, 2.05) is 12.1 Å². The molecule has 7 heteroatoms. The molecule has 1 fully saturated rings. The van der Waals surface area contributed by atoms with E-state index in [-0.39, 0.29) is 23.3 Å². The van der Waals surface area contributed by atoms with Gasteiger partial charge in [-0.05, 0) is 72.6 Å². The zero-order valence-corrected chi connectivity index (χ0v) is 21.7. The summed E-state index contributed by atoms with van der Waals surface area (Å²) < 4.78 is 10.9. The van der Waals surface area contributed by atoms with Crippen molar-refractivity contribution in [3.05, 3.63) is 70.8 Å². The van der Waals surface area contributed by atoms with E-state index in [9.17, 15) is 14.7 Å². The maximum atomic E-state index is 12.6. The summed E-state index contributed by atoms with van der Waals surface area (Å²) in [6.45, 7) is 7.77. The Kier molecular flexibility index (Phi) is 8.37. The zero-order chi connectivity index (χ0) is 25.8. The minimum atomic E-state index is -0.896. The Morgan fingerprint density at radius 3 is 2.75 bits per heavy atom. The highest BCUT2D eigenvalue weighted by atomic mass is 35.5. The largest absolute Gasteiger partial charge is 0.491 e. The monoisotopic (exact) mass is 511 g/mol. The number of aliphatic hydroxyl groups excluding tert-OH is 1. The second-order valence-corrected chi connectivity index (χ2v) is 10.2. The lowest BCUT2D eigenvalue weighted by Crippen LogP contribution is -2.43. The second-order valence-electron chi connectivity index (χ2n) is 9.74. The summed E-state index contributed by atoms with van der Waals surface area (Å²) in [6, 6.07) is 11.1. The van der Waals surface area contributed by atoms with E-state index in [4.69, 9.17) is 16.3 Å². The minimum Gasteiger partial charge on any atom is -0.491 e. The Morgan fingerprint density at radius 2 is 2.08 bits per heavy atom. The molecule has 2 aromatic rings. The molecule has 0 aromatic heterocycles. The van der Waals surface area contributed by atoms with Crippen LogP contribution in [0.3, 0.4) is 0 Å². The van der Waals surface area contributed by atoms with Crippen LogP contribution in [-0.2, 0) is 16.0 Å². The highest BCUT2D eigenvalue weighted by molar-refractivity contribution is 6.40. The lowest BCUT2D eigenvalue weighted by molar-refractivity contribution is -0.135. The number of hydrogen-bond donors (Lipinski definition) is 1. The number of anilines is 1. The van der Waals surface area contributed by atoms with E-state index in [2.05, 4.69) is 29.2 Å². The van der Waals surface area contributed by atoms with Gasteiger partial charge in [-0.3, -0.25) is 4.79 Å². The van der Waals surface area contributed by atoms with Gasteiger partial charge in [-0.25, -0.2) is 4.79 Å². The van der Waals surface area contributed by atoms with Crippen molar-refractivity contribution in [2.75, 3.05) is 31.7 Å². The van der Waals surface area contributed by atoms with Crippen LogP contribution in [0.5, 0.6) is 5.75 Å². The van der Waals surface area contributed by atoms with Crippen LogP contribution < -0.4 is 9.64 Å². The van der Waals surface area contributed by atoms with Gasteiger partial charge in [0.25, 0.3) is 5.78 Å². The Balaban J connectivity index is 1.70. The van der Waals surface area contributed by atoms with E-state index in [1.54, 1.807) is 24.3 Å². The van der Waals surface area contributed by atoms with Crippen LogP contribution in [0.2, 0.25) is 5.02 Å². The number of nitrogens with zero attached hydrogens (tertiary/aromatic N) is 1. The molecule has 4 rings (SSSR count). The summed E-state index contributed by atoms with van der Waals surface area (Å²) >= 11 is 6.32. The Hall–Kier alpha value is -2.83. The number of hydrogen-bond acceptors (Lipinski definition) is 6. The lowest BCUT2D eigenvalue weighted by atomic mass is 9.70. The van der Waals surface area contributed by atoms with Crippen LogP contribution in [0.15, 0.2) is 49.1 Å². The van der Waals surface area contributed by atoms with Crippen LogP contribution in [-0.4, -0.2) is 49.8 Å². The highest BCUT2D eigenvalue weighted by Crippen LogP contribution is 2.42. The van der Waals surface area contributed by atoms with E-state index >= 15 is 0 Å². The molecule has 1 heterocycles. The first-order valence-corrected chi connectivity index (χ1v) is 13.0. The summed E-state index contributed by atoms with van der Waals surface area (Å²) in [5.41, 5.74) is 3.47. The number of Topliss-reactive ketones (excluding diaryl/α,β-unsaturated/α-hetero) is 1. The van der Waals surface area contributed by atoms with Crippen molar-refractivity contribution < 1.29 is 24.2 Å². The van der Waals surface area contributed by atoms with Crippen LogP contribution in [0.4, 0.5) is 5.69 Å². The molecule has 2 aliphatic rings. The average Bonchev–Trinajstić information content (AvgIpc) is 3.05. The highest BCUT2D eigenvalue weighted by Gasteiger charge is 2.38. The molecule has 0 radical (unpaired) electrons. The zero-order valence-electron chi connectivity index (χ0n) is 20.9. The van der Waals surface area contributed by atoms with Gasteiger partial charge in [0.1, 0.15) is 5.75 Å². The molecule has 192 valence electrons. The number of esters is 1. The lowest BCUT2D eigenvalue weighted by Gasteiger charge is -2.42. The Morgan fingerprint density at radius 1 is 1.28 bits per heavy atom. The molecule has 4 unspecified atom stereocenters. The molecular weight excluding hydrogens is 478 g/mol. The predicted octanol–water partition coefficient (Wildman–Crippen LogP) is 5.20. The maximum Gasteiger partial charge on any atom is 0.379 e. The van der Waals surface area contributed by atoms with E-state index < -0.39 is 17.9 Å². The first kappa shape index (κ1) is 26.2. The van der Waals surface area contributed by atoms with E-state index in [1.165, 1.54) is 18.2 Å². The molecule has 2 aromatic carbocycles. The van der Waals surface area contributed by atoms with Gasteiger partial charge in [-0.15, -0.1) is 6.58 Å². The predicted molar refractivity (Wildman–Crippen MR) is 141 cm³/mol. The smallest absolute Gasteiger partial charge is 0.379 e. The van der Waals surface area contributed by atoms with Crippen molar-refractivity contribution in [3.63, 3.8) is 0 Å². The number of rotatable bonds is 9. The fourth-order valence-electron chi connectivity index (χ4n) is 5.39. The summed E-state index contributed by atoms with van der Waals surface area (Å²) in [6.07, 6.45) is 4.96. The number of ether oxygens (including phenoxy) is 2. The molecule has 1 saturated carbocycles. The molecule has 0 saturated heterocycles. The van der Waals surface area contributed by atoms with Crippen LogP contribution in [0.25, 0.3) is 0 Å². The van der Waals surface area contributed by atoms with Crippen molar-refractivity contribution in [3.8, 4) is 5.75 Å². The fraction of sp³-hybridized carbons (Fsp3) is 0.448. The average molecular weight is 512 g/mol. The summed E-state index contributed by atoms with van der Waals surface area (Å²) in [5.74, 6) is -0.395. The first-order valence-electron chi connectivity index (χ1n) is 12.6. The third-order valence-corrected chi connectivity index (χ3v) is 7.72. The molecule has 0 bridgehead atoms. The molecule has 1 N–H and O–H groups in total. The molecule has 0 spiro atoms. The normalized spacial score (nSPS) is 21.9. The second kappa shape index (κ2) is 11.5. The van der Waals surface area contributed by atoms with E-state index in [0.717, 1.165) is 36.4 Å². The van der Waals surface area contributed by atoms with Crippen molar-refractivity contribution in [2.24, 2.45) is 11.8 Å². The number of benzene rings is 2. The number of fused-ring (bicyclic) bond motifs is 1. The number of carbonyl (C=O) groups is 2. The fourth-order valence-corrected chi connectivity index (χ4v) is 5.59. The molecule has 36 heavy (non-hydrogen) atoms. The van der Waals surface area contributed by atoms with Crippen molar-refractivity contribution in [1.29, 1.82) is 0 Å². The van der Waals surface area contributed by atoms with Gasteiger partial charge >= 0.3 is 5.97 Å². The van der Waals surface area contributed by atoms with Gasteiger partial charge in [0.2, 0.25) is 0 Å². The van der Waals surface area contributed by atoms with Gasteiger partial charge < -0.3 is 19.5 Å². The van der Waals surface area contributed by atoms with Gasteiger partial charge in [-0.2, -0.15) is 0 Å². The number of carbonyl (C=O) groups excluding carboxylic acids is 2. The summed E-state index contributed by atoms with van der Waals surface area (Å²) in [4.78, 5) is 26.7. The van der Waals surface area contributed by atoms with Gasteiger partial charge in [-0.1, -0.05) is 37.1 Å². The number of aliphatic hydroxyl groups is 1. The van der Waals surface area contributed by atoms with Gasteiger partial charge in [0.15, 0.2) is 0 Å². The molecular formula is C29H34ClNO5. The first-order chi connectivity index (χ1) is 17.4. The molecule has 4 atom stereocenters. The number of ketones is 1. The van der Waals surface area contributed by atoms with Crippen LogP contribution >= 0.6 is 11.6 Å². The SMILES string of the molecule is C=CC(O)C1CCC1CN1CC(c2ccc(Cl)cc2CCC)COc2ccc(C(=O)C(=O)OC)cc21. The molecule has 6 nitrogen and oxygen atoms in total. The third-order valence-electron chi connectivity index (χ3n) is 7.49. The Bertz CT molecular complexity index is 1130. The number of aryl methyl sites for hydroxylation is 1. The maximum absolute atomic E-state index is 12.6. The molecule has 1 aliphatic carbocycles. The number of methoxy groups -OCH3 is 1. The number of halogens is 1. The topological polar surface area (TPSA) is 76.1 Å². The minimum absolute atomic E-state index is 0.0822. The van der Waals surface area contributed by atoms with Crippen molar-refractivity contribution in [2.45, 2.75) is 44.6 Å². The molecule has 1 aliphatic heterocycles. The quantitative estimate of drug-likeness (QED) is 0.216. The van der Waals surface area contributed by atoms with Crippen molar-refractivity contribution in [1.82, 2.24) is 0 Å². The Labute approximate surface area is 217 Å². The van der Waals surface area contributed by atoms with Crippen LogP contribution in [0, 0.1) is 11.8 Å². The summed E-state index contributed by atoms with van der Waals surface area (Å²) in [7, 11) is 1.20. The van der Waals surface area contributed by atoms with Crippen molar-refractivity contribution >= 4 is 29.0 Å². The van der Waals surface area contributed by atoms with Gasteiger partial charge in [0.05, 0.1) is 25.5 Å². The molecule has 0 amide bonds. The van der Waals surface area contributed by atoms with E-state index in [0.29, 0.717) is 25.4 Å².